The third kappa shape index (κ3) is 1.59. The van der Waals surface area contributed by atoms with Crippen molar-refractivity contribution >= 4 is 17.8 Å². The van der Waals surface area contributed by atoms with Gasteiger partial charge in [0.25, 0.3) is 11.8 Å². The summed E-state index contributed by atoms with van der Waals surface area (Å²) in [6.07, 6.45) is 3.22. The normalized spacial score (nSPS) is 32.8. The Labute approximate surface area is 116 Å². The molecule has 20 heavy (non-hydrogen) atoms. The van der Waals surface area contributed by atoms with Crippen molar-refractivity contribution in [1.29, 1.82) is 0 Å². The van der Waals surface area contributed by atoms with Crippen molar-refractivity contribution in [3.05, 3.63) is 12.2 Å². The van der Waals surface area contributed by atoms with Crippen LogP contribution >= 0.6 is 0 Å². The van der Waals surface area contributed by atoms with Crippen molar-refractivity contribution in [3.63, 3.8) is 0 Å². The predicted molar refractivity (Wildman–Crippen MR) is 68.2 cm³/mol. The zero-order valence-corrected chi connectivity index (χ0v) is 11.5. The number of hydrazine groups is 1. The average molecular weight is 282 g/mol. The second-order valence-electron chi connectivity index (χ2n) is 5.27. The molecule has 2 atom stereocenters. The van der Waals surface area contributed by atoms with Gasteiger partial charge in [0.1, 0.15) is 5.41 Å². The van der Waals surface area contributed by atoms with Gasteiger partial charge in [0.2, 0.25) is 0 Å². The first-order valence-corrected chi connectivity index (χ1v) is 6.53. The second-order valence-corrected chi connectivity index (χ2v) is 5.27. The lowest BCUT2D eigenvalue weighted by Gasteiger charge is -2.40. The minimum atomic E-state index is -1.57. The van der Waals surface area contributed by atoms with Crippen LogP contribution in [0.2, 0.25) is 0 Å². The van der Waals surface area contributed by atoms with Gasteiger partial charge in [-0.2, -0.15) is 0 Å². The lowest BCUT2D eigenvalue weighted by molar-refractivity contribution is -0.171. The van der Waals surface area contributed by atoms with Gasteiger partial charge < -0.3 is 10.2 Å². The molecule has 2 amide bonds. The molecule has 0 aromatic carbocycles. The highest BCUT2D eigenvalue weighted by Gasteiger charge is 2.62. The Balaban J connectivity index is 2.53. The van der Waals surface area contributed by atoms with E-state index in [1.54, 1.807) is 13.0 Å². The van der Waals surface area contributed by atoms with Crippen LogP contribution in [0.4, 0.5) is 0 Å². The van der Waals surface area contributed by atoms with E-state index in [1.807, 2.05) is 0 Å². The van der Waals surface area contributed by atoms with Gasteiger partial charge in [0.15, 0.2) is 5.54 Å². The van der Waals surface area contributed by atoms with Crippen LogP contribution in [0.1, 0.15) is 26.7 Å². The molecule has 2 heterocycles. The molecule has 2 unspecified atom stereocenters. The number of carboxylic acid groups (broad SMARTS) is 1. The van der Waals surface area contributed by atoms with Crippen molar-refractivity contribution in [3.8, 4) is 0 Å². The van der Waals surface area contributed by atoms with E-state index in [1.165, 1.54) is 18.0 Å². The molecule has 0 aromatic rings. The topological polar surface area (TPSA) is 98.2 Å². The molecule has 2 aliphatic rings. The molecule has 0 aliphatic carbocycles. The summed E-state index contributed by atoms with van der Waals surface area (Å²) in [6, 6.07) is 0. The standard InChI is InChI=1S/C13H18N2O5/c1-3-13(6-8-16)9(17)14-7-4-5-12(2,11(19)20)15(14)10(13)18/h4-5,16H,3,6-8H2,1-2H3,(H,19,20). The zero-order chi connectivity index (χ0) is 15.1. The highest BCUT2D eigenvalue weighted by Crippen LogP contribution is 2.43. The summed E-state index contributed by atoms with van der Waals surface area (Å²) in [4.78, 5) is 36.7. The summed E-state index contributed by atoms with van der Waals surface area (Å²) >= 11 is 0. The van der Waals surface area contributed by atoms with Gasteiger partial charge in [-0.05, 0) is 25.8 Å². The van der Waals surface area contributed by atoms with Gasteiger partial charge in [-0.25, -0.2) is 14.8 Å². The Morgan fingerprint density at radius 1 is 1.40 bits per heavy atom. The van der Waals surface area contributed by atoms with Crippen LogP contribution < -0.4 is 0 Å². The van der Waals surface area contributed by atoms with Crippen molar-refractivity contribution in [2.45, 2.75) is 32.2 Å². The predicted octanol–water partition coefficient (Wildman–Crippen LogP) is -0.236. The van der Waals surface area contributed by atoms with Gasteiger partial charge in [-0.3, -0.25) is 9.59 Å². The highest BCUT2D eigenvalue weighted by atomic mass is 16.4. The minimum Gasteiger partial charge on any atom is -0.479 e. The number of aliphatic hydroxyl groups is 1. The number of carbonyl (C=O) groups is 3. The molecule has 0 spiro atoms. The molecular weight excluding hydrogens is 264 g/mol. The lowest BCUT2D eigenvalue weighted by atomic mass is 9.80. The minimum absolute atomic E-state index is 0.00384. The van der Waals surface area contributed by atoms with Crippen LogP contribution in [0, 0.1) is 5.41 Å². The quantitative estimate of drug-likeness (QED) is 0.548. The monoisotopic (exact) mass is 282 g/mol. The molecule has 7 nitrogen and oxygen atoms in total. The number of aliphatic hydroxyl groups excluding tert-OH is 1. The Bertz CT molecular complexity index is 503. The molecule has 2 N–H and O–H groups in total. The number of nitrogens with zero attached hydrogens (tertiary/aromatic N) is 2. The highest BCUT2D eigenvalue weighted by molar-refractivity contribution is 6.11. The van der Waals surface area contributed by atoms with Crippen molar-refractivity contribution in [1.82, 2.24) is 10.0 Å². The molecule has 0 radical (unpaired) electrons. The van der Waals surface area contributed by atoms with Crippen molar-refractivity contribution in [2.24, 2.45) is 5.41 Å². The number of carbonyl (C=O) groups excluding carboxylic acids is 2. The molecule has 0 saturated carbocycles. The maximum Gasteiger partial charge on any atom is 0.335 e. The lowest BCUT2D eigenvalue weighted by Crippen LogP contribution is -2.60. The van der Waals surface area contributed by atoms with Gasteiger partial charge in [-0.15, -0.1) is 0 Å². The third-order valence-corrected chi connectivity index (χ3v) is 4.22. The summed E-state index contributed by atoms with van der Waals surface area (Å²) in [5.41, 5.74) is -2.92. The number of rotatable bonds is 4. The van der Waals surface area contributed by atoms with E-state index in [0.717, 1.165) is 5.01 Å². The SMILES string of the molecule is CCC1(CCO)C(=O)N2CC=CC(C)(C(=O)O)N2C1=O. The van der Waals surface area contributed by atoms with Crippen LogP contribution in [-0.4, -0.2) is 56.7 Å². The van der Waals surface area contributed by atoms with E-state index >= 15 is 0 Å². The summed E-state index contributed by atoms with van der Waals surface area (Å²) < 4.78 is 0. The number of aliphatic carboxylic acids is 1. The van der Waals surface area contributed by atoms with Gasteiger partial charge in [-0.1, -0.05) is 13.0 Å². The average Bonchev–Trinajstić information content (AvgIpc) is 2.63. The summed E-state index contributed by atoms with van der Waals surface area (Å²) in [5, 5.41) is 20.7. The maximum absolute atomic E-state index is 12.7. The molecule has 0 aromatic heterocycles. The summed E-state index contributed by atoms with van der Waals surface area (Å²) in [5.74, 6) is -2.18. The van der Waals surface area contributed by atoms with Crippen LogP contribution in [0.3, 0.4) is 0 Å². The maximum atomic E-state index is 12.7. The van der Waals surface area contributed by atoms with Crippen LogP contribution in [-0.2, 0) is 14.4 Å². The van der Waals surface area contributed by atoms with Crippen molar-refractivity contribution < 1.29 is 24.6 Å². The van der Waals surface area contributed by atoms with Crippen LogP contribution in [0.25, 0.3) is 0 Å². The van der Waals surface area contributed by atoms with Crippen LogP contribution in [0.15, 0.2) is 12.2 Å². The Morgan fingerprint density at radius 2 is 2.05 bits per heavy atom. The number of hydrogen-bond acceptors (Lipinski definition) is 4. The summed E-state index contributed by atoms with van der Waals surface area (Å²) in [7, 11) is 0. The van der Waals surface area contributed by atoms with E-state index in [-0.39, 0.29) is 26.0 Å². The summed E-state index contributed by atoms with van der Waals surface area (Å²) in [6.45, 7) is 2.94. The Kier molecular flexibility index (Phi) is 3.33. The van der Waals surface area contributed by atoms with Gasteiger partial charge in [0, 0.05) is 6.61 Å². The Morgan fingerprint density at radius 3 is 2.55 bits per heavy atom. The fourth-order valence-corrected chi connectivity index (χ4v) is 2.87. The van der Waals surface area contributed by atoms with E-state index < -0.39 is 28.7 Å². The smallest absolute Gasteiger partial charge is 0.335 e. The van der Waals surface area contributed by atoms with E-state index in [4.69, 9.17) is 5.11 Å². The fourth-order valence-electron chi connectivity index (χ4n) is 2.87. The number of hydrogen-bond donors (Lipinski definition) is 2. The molecule has 7 heteroatoms. The molecular formula is C13H18N2O5. The molecule has 2 aliphatic heterocycles. The fraction of sp³-hybridized carbons (Fsp3) is 0.615. The zero-order valence-electron chi connectivity index (χ0n) is 11.5. The van der Waals surface area contributed by atoms with Crippen LogP contribution in [0.5, 0.6) is 0 Å². The Hall–Kier alpha value is -1.89. The number of carboxylic acids is 1. The largest absolute Gasteiger partial charge is 0.479 e. The first kappa shape index (κ1) is 14.5. The number of fused-ring (bicyclic) bond motifs is 1. The van der Waals surface area contributed by atoms with Gasteiger partial charge >= 0.3 is 5.97 Å². The molecule has 110 valence electrons. The second kappa shape index (κ2) is 4.59. The van der Waals surface area contributed by atoms with E-state index in [2.05, 4.69) is 0 Å². The third-order valence-electron chi connectivity index (χ3n) is 4.22. The van der Waals surface area contributed by atoms with Crippen molar-refractivity contribution in [2.75, 3.05) is 13.2 Å². The van der Waals surface area contributed by atoms with E-state index in [9.17, 15) is 19.5 Å². The van der Waals surface area contributed by atoms with E-state index in [0.29, 0.717) is 0 Å². The first-order valence-electron chi connectivity index (χ1n) is 6.53. The number of amides is 2. The van der Waals surface area contributed by atoms with Gasteiger partial charge in [0.05, 0.1) is 6.54 Å². The first-order chi connectivity index (χ1) is 9.35. The molecule has 1 fully saturated rings. The molecule has 2 rings (SSSR count). The molecule has 0 bridgehead atoms. The molecule has 1 saturated heterocycles.